The second-order valence-electron chi connectivity index (χ2n) is 6.93. The number of carbonyl (C=O) groups excluding carboxylic acids is 1. The lowest BCUT2D eigenvalue weighted by atomic mass is 10.1. The van der Waals surface area contributed by atoms with E-state index in [1.165, 1.54) is 24.1 Å². The molecule has 0 saturated carbocycles. The molecule has 0 atom stereocenters. The van der Waals surface area contributed by atoms with Crippen molar-refractivity contribution in [1.29, 1.82) is 0 Å². The summed E-state index contributed by atoms with van der Waals surface area (Å²) in [6.07, 6.45) is 3.58. The Hall–Kier alpha value is -2.69. The van der Waals surface area contributed by atoms with Crippen LogP contribution in [0.15, 0.2) is 36.4 Å². The fourth-order valence-electron chi connectivity index (χ4n) is 3.56. The van der Waals surface area contributed by atoms with Gasteiger partial charge in [-0.25, -0.2) is 0 Å². The largest absolute Gasteiger partial charge is 0.493 e. The number of amides is 1. The lowest BCUT2D eigenvalue weighted by molar-refractivity contribution is -0.116. The van der Waals surface area contributed by atoms with Crippen LogP contribution in [0.25, 0.3) is 0 Å². The Bertz CT molecular complexity index is 798. The van der Waals surface area contributed by atoms with Gasteiger partial charge in [-0.3, -0.25) is 4.79 Å². The number of hydrogen-bond acceptors (Lipinski definition) is 4. The van der Waals surface area contributed by atoms with Crippen LogP contribution in [0.1, 0.15) is 30.4 Å². The third-order valence-corrected chi connectivity index (χ3v) is 5.02. The third-order valence-electron chi connectivity index (χ3n) is 5.02. The quantitative estimate of drug-likeness (QED) is 0.796. The fraction of sp³-hybridized carbons (Fsp3) is 0.409. The molecule has 0 spiro atoms. The van der Waals surface area contributed by atoms with Gasteiger partial charge in [0.25, 0.3) is 0 Å². The number of benzene rings is 2. The smallest absolute Gasteiger partial charge is 0.224 e. The Morgan fingerprint density at radius 2 is 1.78 bits per heavy atom. The monoisotopic (exact) mass is 368 g/mol. The summed E-state index contributed by atoms with van der Waals surface area (Å²) in [5, 5.41) is 3.01. The van der Waals surface area contributed by atoms with Crippen molar-refractivity contribution in [2.24, 2.45) is 0 Å². The van der Waals surface area contributed by atoms with E-state index in [2.05, 4.69) is 29.3 Å². The summed E-state index contributed by atoms with van der Waals surface area (Å²) in [5.74, 6) is 1.39. The molecule has 3 rings (SSSR count). The zero-order valence-electron chi connectivity index (χ0n) is 16.4. The lowest BCUT2D eigenvalue weighted by Crippen LogP contribution is -2.19. The van der Waals surface area contributed by atoms with E-state index in [1.807, 2.05) is 24.3 Å². The average molecular weight is 368 g/mol. The van der Waals surface area contributed by atoms with E-state index in [-0.39, 0.29) is 5.91 Å². The van der Waals surface area contributed by atoms with Crippen molar-refractivity contribution in [1.82, 2.24) is 0 Å². The van der Waals surface area contributed by atoms with Crippen molar-refractivity contribution in [2.45, 2.75) is 32.6 Å². The molecule has 1 N–H and O–H groups in total. The first-order valence-corrected chi connectivity index (χ1v) is 9.47. The third kappa shape index (κ3) is 4.73. The minimum absolute atomic E-state index is 0.0121. The number of carbonyl (C=O) groups is 1. The number of ether oxygens (including phenoxy) is 2. The maximum atomic E-state index is 12.3. The SMILES string of the molecule is COc1ccc(CCC(=O)Nc2ccc(N3CCCC3)c(C)c2)cc1OC. The second kappa shape index (κ2) is 8.80. The fourth-order valence-corrected chi connectivity index (χ4v) is 3.56. The van der Waals surface area contributed by atoms with E-state index in [4.69, 9.17) is 9.47 Å². The number of hydrogen-bond donors (Lipinski definition) is 1. The zero-order chi connectivity index (χ0) is 19.2. The standard InChI is InChI=1S/C22H28N2O3/c1-16-14-18(8-9-19(16)24-12-4-5-13-24)23-22(25)11-7-17-6-10-20(26-2)21(15-17)27-3/h6,8-10,14-15H,4-5,7,11-13H2,1-3H3,(H,23,25). The second-order valence-corrected chi connectivity index (χ2v) is 6.93. The van der Waals surface area contributed by atoms with Gasteiger partial charge in [-0.05, 0) is 67.6 Å². The van der Waals surface area contributed by atoms with Crippen LogP contribution in [0.2, 0.25) is 0 Å². The van der Waals surface area contributed by atoms with Crippen LogP contribution in [0.3, 0.4) is 0 Å². The van der Waals surface area contributed by atoms with E-state index in [0.717, 1.165) is 24.3 Å². The Labute approximate surface area is 161 Å². The van der Waals surface area contributed by atoms with Crippen molar-refractivity contribution >= 4 is 17.3 Å². The molecule has 0 radical (unpaired) electrons. The van der Waals surface area contributed by atoms with Gasteiger partial charge in [-0.1, -0.05) is 6.07 Å². The van der Waals surface area contributed by atoms with Gasteiger partial charge < -0.3 is 19.7 Å². The van der Waals surface area contributed by atoms with E-state index < -0.39 is 0 Å². The number of aryl methyl sites for hydroxylation is 2. The first kappa shape index (κ1) is 19.1. The Kier molecular flexibility index (Phi) is 6.22. The highest BCUT2D eigenvalue weighted by atomic mass is 16.5. The van der Waals surface area contributed by atoms with Crippen molar-refractivity contribution in [2.75, 3.05) is 37.5 Å². The number of rotatable bonds is 7. The summed E-state index contributed by atoms with van der Waals surface area (Å²) in [4.78, 5) is 14.8. The van der Waals surface area contributed by atoms with Gasteiger partial charge in [0, 0.05) is 30.9 Å². The molecule has 1 saturated heterocycles. The molecular formula is C22H28N2O3. The molecule has 0 aliphatic carbocycles. The summed E-state index contributed by atoms with van der Waals surface area (Å²) in [7, 11) is 3.23. The molecule has 1 fully saturated rings. The van der Waals surface area contributed by atoms with Crippen LogP contribution >= 0.6 is 0 Å². The van der Waals surface area contributed by atoms with E-state index in [1.54, 1.807) is 14.2 Å². The Morgan fingerprint density at radius 3 is 2.44 bits per heavy atom. The highest BCUT2D eigenvalue weighted by molar-refractivity contribution is 5.91. The molecular weight excluding hydrogens is 340 g/mol. The predicted octanol–water partition coefficient (Wildman–Crippen LogP) is 4.18. The number of anilines is 2. The first-order valence-electron chi connectivity index (χ1n) is 9.47. The Morgan fingerprint density at radius 1 is 1.04 bits per heavy atom. The van der Waals surface area contributed by atoms with Crippen LogP contribution in [0.5, 0.6) is 11.5 Å². The highest BCUT2D eigenvalue weighted by Gasteiger charge is 2.15. The van der Waals surface area contributed by atoms with E-state index >= 15 is 0 Å². The minimum atomic E-state index is 0.0121. The van der Waals surface area contributed by atoms with Gasteiger partial charge >= 0.3 is 0 Å². The molecule has 1 aliphatic heterocycles. The maximum absolute atomic E-state index is 12.3. The molecule has 1 heterocycles. The molecule has 5 heteroatoms. The molecule has 1 aliphatic rings. The van der Waals surface area contributed by atoms with Gasteiger partial charge in [-0.15, -0.1) is 0 Å². The molecule has 1 amide bonds. The summed E-state index contributed by atoms with van der Waals surface area (Å²) >= 11 is 0. The number of nitrogens with zero attached hydrogens (tertiary/aromatic N) is 1. The molecule has 5 nitrogen and oxygen atoms in total. The summed E-state index contributed by atoms with van der Waals surface area (Å²) in [6.45, 7) is 4.35. The molecule has 144 valence electrons. The van der Waals surface area contributed by atoms with Gasteiger partial charge in [0.15, 0.2) is 11.5 Å². The normalized spacial score (nSPS) is 13.5. The van der Waals surface area contributed by atoms with Gasteiger partial charge in [0.05, 0.1) is 14.2 Å². The van der Waals surface area contributed by atoms with Crippen LogP contribution < -0.4 is 19.7 Å². The molecule has 0 bridgehead atoms. The number of nitrogens with one attached hydrogen (secondary N) is 1. The van der Waals surface area contributed by atoms with Crippen LogP contribution in [0.4, 0.5) is 11.4 Å². The van der Waals surface area contributed by atoms with Crippen LogP contribution in [0, 0.1) is 6.92 Å². The van der Waals surface area contributed by atoms with Crippen molar-refractivity contribution in [3.8, 4) is 11.5 Å². The summed E-state index contributed by atoms with van der Waals surface area (Å²) in [6, 6.07) is 11.9. The highest BCUT2D eigenvalue weighted by Crippen LogP contribution is 2.29. The zero-order valence-corrected chi connectivity index (χ0v) is 16.4. The Balaban J connectivity index is 1.57. The van der Waals surface area contributed by atoms with E-state index in [0.29, 0.717) is 24.3 Å². The summed E-state index contributed by atoms with van der Waals surface area (Å²) < 4.78 is 10.6. The molecule has 0 aromatic heterocycles. The predicted molar refractivity (Wildman–Crippen MR) is 109 cm³/mol. The van der Waals surface area contributed by atoms with Crippen LogP contribution in [-0.2, 0) is 11.2 Å². The molecule has 2 aromatic rings. The van der Waals surface area contributed by atoms with E-state index in [9.17, 15) is 4.79 Å². The molecule has 0 unspecified atom stereocenters. The van der Waals surface area contributed by atoms with Gasteiger partial charge in [0.1, 0.15) is 0 Å². The first-order chi connectivity index (χ1) is 13.1. The topological polar surface area (TPSA) is 50.8 Å². The van der Waals surface area contributed by atoms with Crippen molar-refractivity contribution in [3.05, 3.63) is 47.5 Å². The number of methoxy groups -OCH3 is 2. The molecule has 27 heavy (non-hydrogen) atoms. The lowest BCUT2D eigenvalue weighted by Gasteiger charge is -2.20. The minimum Gasteiger partial charge on any atom is -0.493 e. The van der Waals surface area contributed by atoms with Gasteiger partial charge in [0.2, 0.25) is 5.91 Å². The van der Waals surface area contributed by atoms with Gasteiger partial charge in [-0.2, -0.15) is 0 Å². The summed E-state index contributed by atoms with van der Waals surface area (Å²) in [5.41, 5.74) is 4.38. The maximum Gasteiger partial charge on any atom is 0.224 e. The van der Waals surface area contributed by atoms with Crippen LogP contribution in [-0.4, -0.2) is 33.2 Å². The molecule has 2 aromatic carbocycles. The van der Waals surface area contributed by atoms with Crippen molar-refractivity contribution in [3.63, 3.8) is 0 Å². The average Bonchev–Trinajstić information content (AvgIpc) is 3.20. The van der Waals surface area contributed by atoms with Crippen molar-refractivity contribution < 1.29 is 14.3 Å².